The highest BCUT2D eigenvalue weighted by Crippen LogP contribution is 2.17. The normalized spacial score (nSPS) is 14.1. The second-order valence-electron chi connectivity index (χ2n) is 5.69. The van der Waals surface area contributed by atoms with Crippen molar-refractivity contribution in [2.75, 3.05) is 43.5 Å². The molecular weight excluding hydrogens is 320 g/mol. The Hall–Kier alpha value is -3.09. The summed E-state index contributed by atoms with van der Waals surface area (Å²) in [6, 6.07) is 12.5. The van der Waals surface area contributed by atoms with E-state index in [1.165, 1.54) is 7.11 Å². The lowest BCUT2D eigenvalue weighted by atomic mass is 10.2. The lowest BCUT2D eigenvalue weighted by Gasteiger charge is -2.31. The van der Waals surface area contributed by atoms with Gasteiger partial charge in [0.2, 0.25) is 0 Å². The number of methoxy groups -OCH3 is 1. The molecular formula is C18H21N4O3+. The molecule has 1 aromatic heterocycles. The number of carbonyl (C=O) groups excluding carboxylic acids is 2. The molecule has 1 aliphatic rings. The number of hydrogen-bond acceptors (Lipinski definition) is 4. The molecule has 1 aromatic carbocycles. The fraction of sp³-hybridized carbons (Fsp3) is 0.278. The Morgan fingerprint density at radius 2 is 1.76 bits per heavy atom. The number of ether oxygens (including phenoxy) is 1. The van der Waals surface area contributed by atoms with E-state index in [-0.39, 0.29) is 6.03 Å². The van der Waals surface area contributed by atoms with Crippen LogP contribution in [0.1, 0.15) is 10.4 Å². The van der Waals surface area contributed by atoms with Crippen LogP contribution in [-0.2, 0) is 4.74 Å². The number of pyridine rings is 1. The van der Waals surface area contributed by atoms with Gasteiger partial charge in [-0.2, -0.15) is 0 Å². The van der Waals surface area contributed by atoms with Crippen LogP contribution in [0.5, 0.6) is 0 Å². The SMILES string of the molecule is COC(=O)c1ccccc1NC(=O)N1CCN(c2cccc[nH+]2)CC1. The quantitative estimate of drug-likeness (QED) is 0.861. The van der Waals surface area contributed by atoms with Crippen molar-refractivity contribution in [3.63, 3.8) is 0 Å². The van der Waals surface area contributed by atoms with Crippen molar-refractivity contribution in [2.24, 2.45) is 0 Å². The van der Waals surface area contributed by atoms with Crippen molar-refractivity contribution in [2.45, 2.75) is 0 Å². The number of hydrogen-bond donors (Lipinski definition) is 1. The summed E-state index contributed by atoms with van der Waals surface area (Å²) in [6.07, 6.45) is 1.89. The lowest BCUT2D eigenvalue weighted by Crippen LogP contribution is -2.51. The third kappa shape index (κ3) is 3.88. The molecule has 130 valence electrons. The average molecular weight is 341 g/mol. The van der Waals surface area contributed by atoms with Crippen molar-refractivity contribution in [3.05, 3.63) is 54.2 Å². The zero-order chi connectivity index (χ0) is 17.6. The topological polar surface area (TPSA) is 76.0 Å². The number of aromatic amines is 1. The van der Waals surface area contributed by atoms with Gasteiger partial charge in [-0.25, -0.2) is 14.6 Å². The third-order valence-electron chi connectivity index (χ3n) is 4.17. The number of H-pyrrole nitrogens is 1. The van der Waals surface area contributed by atoms with Gasteiger partial charge in [0.05, 0.1) is 37.6 Å². The molecule has 0 atom stereocenters. The maximum Gasteiger partial charge on any atom is 0.339 e. The number of benzene rings is 1. The first kappa shape index (κ1) is 16.8. The van der Waals surface area contributed by atoms with Gasteiger partial charge in [-0.1, -0.05) is 18.2 Å². The highest BCUT2D eigenvalue weighted by Gasteiger charge is 2.26. The van der Waals surface area contributed by atoms with E-state index in [1.807, 2.05) is 24.4 Å². The average Bonchev–Trinajstić information content (AvgIpc) is 2.68. The van der Waals surface area contributed by atoms with Crippen molar-refractivity contribution in [1.29, 1.82) is 0 Å². The number of rotatable bonds is 3. The monoisotopic (exact) mass is 341 g/mol. The van der Waals surface area contributed by atoms with E-state index < -0.39 is 5.97 Å². The molecule has 2 heterocycles. The summed E-state index contributed by atoms with van der Waals surface area (Å²) in [7, 11) is 1.32. The van der Waals surface area contributed by atoms with E-state index in [9.17, 15) is 9.59 Å². The number of amides is 2. The number of nitrogens with one attached hydrogen (secondary N) is 2. The van der Waals surface area contributed by atoms with Crippen LogP contribution in [0, 0.1) is 0 Å². The van der Waals surface area contributed by atoms with Crippen molar-refractivity contribution < 1.29 is 19.3 Å². The van der Waals surface area contributed by atoms with Gasteiger partial charge in [0, 0.05) is 6.07 Å². The van der Waals surface area contributed by atoms with Gasteiger partial charge in [0.15, 0.2) is 0 Å². The summed E-state index contributed by atoms with van der Waals surface area (Å²) >= 11 is 0. The number of esters is 1. The number of carbonyl (C=O) groups is 2. The standard InChI is InChI=1S/C18H20N4O3/c1-25-17(23)14-6-2-3-7-15(14)20-18(24)22-12-10-21(11-13-22)16-8-4-5-9-19-16/h2-9H,10-13H2,1H3,(H,20,24)/p+1. The molecule has 0 saturated carbocycles. The predicted molar refractivity (Wildman–Crippen MR) is 93.6 cm³/mol. The fourth-order valence-corrected chi connectivity index (χ4v) is 2.81. The Bertz CT molecular complexity index is 743. The minimum absolute atomic E-state index is 0.215. The minimum atomic E-state index is -0.472. The van der Waals surface area contributed by atoms with Crippen LogP contribution in [0.4, 0.5) is 16.3 Å². The number of piperazine rings is 1. The molecule has 2 amide bonds. The minimum Gasteiger partial charge on any atom is -0.465 e. The van der Waals surface area contributed by atoms with Crippen LogP contribution in [-0.4, -0.2) is 50.2 Å². The van der Waals surface area contributed by atoms with E-state index in [4.69, 9.17) is 4.74 Å². The van der Waals surface area contributed by atoms with Crippen LogP contribution >= 0.6 is 0 Å². The largest absolute Gasteiger partial charge is 0.465 e. The second-order valence-corrected chi connectivity index (χ2v) is 5.69. The molecule has 25 heavy (non-hydrogen) atoms. The van der Waals surface area contributed by atoms with Crippen LogP contribution in [0.25, 0.3) is 0 Å². The molecule has 2 aromatic rings. The van der Waals surface area contributed by atoms with Crippen molar-refractivity contribution in [1.82, 2.24) is 4.90 Å². The van der Waals surface area contributed by atoms with E-state index >= 15 is 0 Å². The Morgan fingerprint density at radius 1 is 1.04 bits per heavy atom. The summed E-state index contributed by atoms with van der Waals surface area (Å²) in [6.45, 7) is 2.70. The number of anilines is 2. The van der Waals surface area contributed by atoms with E-state index in [2.05, 4.69) is 15.2 Å². The molecule has 0 radical (unpaired) electrons. The molecule has 0 unspecified atom stereocenters. The van der Waals surface area contributed by atoms with Crippen LogP contribution in [0.15, 0.2) is 48.7 Å². The zero-order valence-electron chi connectivity index (χ0n) is 14.1. The van der Waals surface area contributed by atoms with E-state index in [0.29, 0.717) is 24.3 Å². The highest BCUT2D eigenvalue weighted by atomic mass is 16.5. The van der Waals surface area contributed by atoms with E-state index in [0.717, 1.165) is 18.9 Å². The lowest BCUT2D eigenvalue weighted by molar-refractivity contribution is -0.364. The van der Waals surface area contributed by atoms with Crippen LogP contribution in [0.2, 0.25) is 0 Å². The molecule has 1 fully saturated rings. The molecule has 7 nitrogen and oxygen atoms in total. The molecule has 0 bridgehead atoms. The Kier molecular flexibility index (Phi) is 5.13. The predicted octanol–water partition coefficient (Wildman–Crippen LogP) is 1.64. The van der Waals surface area contributed by atoms with Crippen LogP contribution in [0.3, 0.4) is 0 Å². The Labute approximate surface area is 146 Å². The second kappa shape index (κ2) is 7.65. The number of para-hydroxylation sites is 1. The third-order valence-corrected chi connectivity index (χ3v) is 4.17. The smallest absolute Gasteiger partial charge is 0.339 e. The van der Waals surface area contributed by atoms with Gasteiger partial charge >= 0.3 is 12.0 Å². The first-order valence-electron chi connectivity index (χ1n) is 8.14. The van der Waals surface area contributed by atoms with Gasteiger partial charge in [-0.3, -0.25) is 4.90 Å². The van der Waals surface area contributed by atoms with Gasteiger partial charge in [0.25, 0.3) is 5.82 Å². The molecule has 0 spiro atoms. The maximum atomic E-state index is 12.5. The summed E-state index contributed by atoms with van der Waals surface area (Å²) in [4.78, 5) is 31.5. The summed E-state index contributed by atoms with van der Waals surface area (Å²) in [5.74, 6) is 0.568. The van der Waals surface area contributed by atoms with Gasteiger partial charge < -0.3 is 15.0 Å². The summed E-state index contributed by atoms with van der Waals surface area (Å²) in [5.41, 5.74) is 0.800. The highest BCUT2D eigenvalue weighted by molar-refractivity contribution is 6.00. The Balaban J connectivity index is 1.61. The van der Waals surface area contributed by atoms with Crippen LogP contribution < -0.4 is 15.2 Å². The molecule has 2 N–H and O–H groups in total. The summed E-state index contributed by atoms with van der Waals surface area (Å²) in [5, 5.41) is 2.81. The molecule has 0 aliphatic carbocycles. The number of urea groups is 1. The molecule has 3 rings (SSSR count). The first-order chi connectivity index (χ1) is 12.2. The maximum absolute atomic E-state index is 12.5. The molecule has 1 saturated heterocycles. The van der Waals surface area contributed by atoms with Crippen molar-refractivity contribution in [3.8, 4) is 0 Å². The van der Waals surface area contributed by atoms with Gasteiger partial charge in [0.1, 0.15) is 13.1 Å². The fourth-order valence-electron chi connectivity index (χ4n) is 2.81. The number of aromatic nitrogens is 1. The van der Waals surface area contributed by atoms with Crippen molar-refractivity contribution >= 4 is 23.5 Å². The Morgan fingerprint density at radius 3 is 2.44 bits per heavy atom. The first-order valence-corrected chi connectivity index (χ1v) is 8.14. The molecule has 7 heteroatoms. The number of nitrogens with zero attached hydrogens (tertiary/aromatic N) is 2. The summed E-state index contributed by atoms with van der Waals surface area (Å²) < 4.78 is 4.75. The zero-order valence-corrected chi connectivity index (χ0v) is 14.1. The van der Waals surface area contributed by atoms with Gasteiger partial charge in [-0.15, -0.1) is 0 Å². The van der Waals surface area contributed by atoms with E-state index in [1.54, 1.807) is 29.2 Å². The van der Waals surface area contributed by atoms with Gasteiger partial charge in [-0.05, 0) is 18.2 Å². The molecule has 1 aliphatic heterocycles.